The molecule has 1 amide bonds. The molecule has 0 fully saturated rings. The first-order valence-electron chi connectivity index (χ1n) is 8.42. The standard InChI is InChI=1S/C22H22N2O/c1-15-11-12-20(16(2)13-15)17(3)23-24-22(25)14-19-9-6-8-18-7-4-5-10-21(18)19/h4-13H,14H2,1-3H3,(H,24,25). The molecule has 0 unspecified atom stereocenters. The van der Waals surface area contributed by atoms with Gasteiger partial charge in [0.25, 0.3) is 0 Å². The third-order valence-electron chi connectivity index (χ3n) is 4.35. The van der Waals surface area contributed by atoms with E-state index in [4.69, 9.17) is 0 Å². The summed E-state index contributed by atoms with van der Waals surface area (Å²) >= 11 is 0. The number of hydrogen-bond donors (Lipinski definition) is 1. The quantitative estimate of drug-likeness (QED) is 0.554. The minimum Gasteiger partial charge on any atom is -0.273 e. The Morgan fingerprint density at radius 1 is 1.00 bits per heavy atom. The van der Waals surface area contributed by atoms with Gasteiger partial charge in [0.15, 0.2) is 0 Å². The van der Waals surface area contributed by atoms with Crippen LogP contribution in [0.25, 0.3) is 10.8 Å². The summed E-state index contributed by atoms with van der Waals surface area (Å²) < 4.78 is 0. The van der Waals surface area contributed by atoms with Gasteiger partial charge < -0.3 is 0 Å². The molecule has 0 saturated heterocycles. The molecule has 0 aliphatic rings. The Labute approximate surface area is 148 Å². The summed E-state index contributed by atoms with van der Waals surface area (Å²) in [6, 6.07) is 20.3. The van der Waals surface area contributed by atoms with Gasteiger partial charge in [-0.15, -0.1) is 0 Å². The first kappa shape index (κ1) is 16.9. The fraction of sp³-hybridized carbons (Fsp3) is 0.182. The minimum absolute atomic E-state index is 0.111. The van der Waals surface area contributed by atoms with E-state index in [-0.39, 0.29) is 5.91 Å². The fourth-order valence-corrected chi connectivity index (χ4v) is 3.09. The first-order chi connectivity index (χ1) is 12.0. The van der Waals surface area contributed by atoms with E-state index >= 15 is 0 Å². The molecule has 3 rings (SSSR count). The number of carbonyl (C=O) groups excluding carboxylic acids is 1. The van der Waals surface area contributed by atoms with E-state index in [1.807, 2.05) is 43.3 Å². The molecule has 0 radical (unpaired) electrons. The molecule has 3 nitrogen and oxygen atoms in total. The summed E-state index contributed by atoms with van der Waals surface area (Å²) in [5.74, 6) is -0.111. The minimum atomic E-state index is -0.111. The van der Waals surface area contributed by atoms with Crippen LogP contribution in [-0.4, -0.2) is 11.6 Å². The van der Waals surface area contributed by atoms with Gasteiger partial charge in [-0.3, -0.25) is 4.79 Å². The van der Waals surface area contributed by atoms with Crippen molar-refractivity contribution in [3.05, 3.63) is 82.9 Å². The van der Waals surface area contributed by atoms with Crippen LogP contribution in [0.1, 0.15) is 29.2 Å². The van der Waals surface area contributed by atoms with Gasteiger partial charge in [0.05, 0.1) is 12.1 Å². The number of nitrogens with zero attached hydrogens (tertiary/aromatic N) is 1. The van der Waals surface area contributed by atoms with Gasteiger partial charge in [0.2, 0.25) is 5.91 Å². The number of hydrogen-bond acceptors (Lipinski definition) is 2. The van der Waals surface area contributed by atoms with Crippen molar-refractivity contribution in [1.82, 2.24) is 5.43 Å². The summed E-state index contributed by atoms with van der Waals surface area (Å²) in [6.07, 6.45) is 0.311. The Morgan fingerprint density at radius 2 is 1.76 bits per heavy atom. The van der Waals surface area contributed by atoms with Crippen molar-refractivity contribution in [2.45, 2.75) is 27.2 Å². The number of benzene rings is 3. The predicted octanol–water partition coefficient (Wildman–Crippen LogP) is 4.54. The second kappa shape index (κ2) is 7.31. The Morgan fingerprint density at radius 3 is 2.56 bits per heavy atom. The third-order valence-corrected chi connectivity index (χ3v) is 4.35. The largest absolute Gasteiger partial charge is 0.273 e. The van der Waals surface area contributed by atoms with Crippen LogP contribution in [0.2, 0.25) is 0 Å². The van der Waals surface area contributed by atoms with Crippen LogP contribution in [0.5, 0.6) is 0 Å². The van der Waals surface area contributed by atoms with E-state index in [9.17, 15) is 4.79 Å². The van der Waals surface area contributed by atoms with Crippen LogP contribution in [0, 0.1) is 13.8 Å². The lowest BCUT2D eigenvalue weighted by atomic mass is 10.0. The molecular weight excluding hydrogens is 308 g/mol. The molecule has 0 saturated carbocycles. The molecule has 3 aromatic rings. The molecule has 3 aromatic carbocycles. The van der Waals surface area contributed by atoms with Gasteiger partial charge >= 0.3 is 0 Å². The molecule has 0 heterocycles. The third kappa shape index (κ3) is 3.94. The zero-order chi connectivity index (χ0) is 17.8. The van der Waals surface area contributed by atoms with Crippen molar-refractivity contribution in [1.29, 1.82) is 0 Å². The number of nitrogens with one attached hydrogen (secondary N) is 1. The number of hydrazone groups is 1. The molecule has 0 aromatic heterocycles. The van der Waals surface area contributed by atoms with Gasteiger partial charge in [0.1, 0.15) is 0 Å². The molecule has 1 N–H and O–H groups in total. The summed E-state index contributed by atoms with van der Waals surface area (Å²) in [4.78, 5) is 12.3. The van der Waals surface area contributed by atoms with E-state index in [2.05, 4.69) is 48.6 Å². The highest BCUT2D eigenvalue weighted by molar-refractivity contribution is 6.00. The lowest BCUT2D eigenvalue weighted by Crippen LogP contribution is -2.21. The molecule has 3 heteroatoms. The van der Waals surface area contributed by atoms with Crippen LogP contribution < -0.4 is 5.43 Å². The van der Waals surface area contributed by atoms with Gasteiger partial charge in [-0.05, 0) is 42.7 Å². The maximum absolute atomic E-state index is 12.3. The molecule has 0 aliphatic heterocycles. The summed E-state index contributed by atoms with van der Waals surface area (Å²) in [7, 11) is 0. The monoisotopic (exact) mass is 330 g/mol. The summed E-state index contributed by atoms with van der Waals surface area (Å²) in [5, 5.41) is 6.53. The van der Waals surface area contributed by atoms with Crippen molar-refractivity contribution in [2.24, 2.45) is 5.10 Å². The van der Waals surface area contributed by atoms with Gasteiger partial charge in [0, 0.05) is 5.56 Å². The van der Waals surface area contributed by atoms with Crippen LogP contribution in [0.15, 0.2) is 65.8 Å². The lowest BCUT2D eigenvalue weighted by molar-refractivity contribution is -0.120. The van der Waals surface area contributed by atoms with E-state index in [0.29, 0.717) is 6.42 Å². The highest BCUT2D eigenvalue weighted by Gasteiger charge is 2.07. The number of fused-ring (bicyclic) bond motifs is 1. The smallest absolute Gasteiger partial charge is 0.244 e. The second-order valence-electron chi connectivity index (χ2n) is 6.37. The van der Waals surface area contributed by atoms with E-state index in [0.717, 1.165) is 33.2 Å². The average Bonchev–Trinajstić information content (AvgIpc) is 2.60. The molecule has 25 heavy (non-hydrogen) atoms. The van der Waals surface area contributed by atoms with Crippen molar-refractivity contribution in [3.63, 3.8) is 0 Å². The molecule has 0 atom stereocenters. The van der Waals surface area contributed by atoms with E-state index in [1.54, 1.807) is 0 Å². The van der Waals surface area contributed by atoms with Gasteiger partial charge in [-0.2, -0.15) is 5.10 Å². The summed E-state index contributed by atoms with van der Waals surface area (Å²) in [6.45, 7) is 6.03. The van der Waals surface area contributed by atoms with Crippen molar-refractivity contribution >= 4 is 22.4 Å². The molecule has 0 spiro atoms. The topological polar surface area (TPSA) is 41.5 Å². The van der Waals surface area contributed by atoms with Crippen molar-refractivity contribution in [2.75, 3.05) is 0 Å². The predicted molar refractivity (Wildman–Crippen MR) is 104 cm³/mol. The van der Waals surface area contributed by atoms with Crippen molar-refractivity contribution < 1.29 is 4.79 Å². The number of aryl methyl sites for hydroxylation is 2. The fourth-order valence-electron chi connectivity index (χ4n) is 3.09. The van der Waals surface area contributed by atoms with Crippen molar-refractivity contribution in [3.8, 4) is 0 Å². The Bertz CT molecular complexity index is 952. The Kier molecular flexibility index (Phi) is 4.94. The Balaban J connectivity index is 1.74. The maximum atomic E-state index is 12.3. The van der Waals surface area contributed by atoms with Gasteiger partial charge in [-0.1, -0.05) is 66.2 Å². The highest BCUT2D eigenvalue weighted by Crippen LogP contribution is 2.19. The number of carbonyl (C=O) groups is 1. The normalized spacial score (nSPS) is 11.6. The number of rotatable bonds is 4. The Hall–Kier alpha value is -2.94. The molecule has 126 valence electrons. The summed E-state index contributed by atoms with van der Waals surface area (Å²) in [5.41, 5.74) is 7.93. The second-order valence-corrected chi connectivity index (χ2v) is 6.37. The van der Waals surface area contributed by atoms with E-state index in [1.165, 1.54) is 5.56 Å². The highest BCUT2D eigenvalue weighted by atomic mass is 16.2. The molecule has 0 aliphatic carbocycles. The number of amides is 1. The average molecular weight is 330 g/mol. The molecule has 0 bridgehead atoms. The van der Waals surface area contributed by atoms with Crippen LogP contribution in [0.4, 0.5) is 0 Å². The zero-order valence-electron chi connectivity index (χ0n) is 14.8. The van der Waals surface area contributed by atoms with E-state index < -0.39 is 0 Å². The molecular formula is C22H22N2O. The van der Waals surface area contributed by atoms with Crippen LogP contribution in [-0.2, 0) is 11.2 Å². The lowest BCUT2D eigenvalue weighted by Gasteiger charge is -2.08. The maximum Gasteiger partial charge on any atom is 0.244 e. The van der Waals surface area contributed by atoms with Crippen LogP contribution in [0.3, 0.4) is 0 Å². The SMILES string of the molecule is CC(=NNC(=O)Cc1cccc2ccccc12)c1ccc(C)cc1C. The zero-order valence-corrected chi connectivity index (χ0v) is 14.8. The van der Waals surface area contributed by atoms with Crippen LogP contribution >= 0.6 is 0 Å². The first-order valence-corrected chi connectivity index (χ1v) is 8.42. The van der Waals surface area contributed by atoms with Gasteiger partial charge in [-0.25, -0.2) is 5.43 Å².